The Hall–Kier alpha value is -3.68. The third-order valence-corrected chi connectivity index (χ3v) is 3.99. The quantitative estimate of drug-likeness (QED) is 0.525. The number of fused-ring (bicyclic) bond motifs is 1. The number of hydrogen-bond acceptors (Lipinski definition) is 3. The summed E-state index contributed by atoms with van der Waals surface area (Å²) in [4.78, 5) is 29.0. The summed E-state index contributed by atoms with van der Waals surface area (Å²) in [6, 6.07) is 11.1. The Morgan fingerprint density at radius 2 is 2.00 bits per heavy atom. The number of rotatable bonds is 4. The summed E-state index contributed by atoms with van der Waals surface area (Å²) < 4.78 is 15.3. The molecular formula is C18H14FN5O2. The number of nitrogens with zero attached hydrogens (tertiary/aromatic N) is 2. The van der Waals surface area contributed by atoms with Crippen molar-refractivity contribution in [2.45, 2.75) is 6.54 Å². The zero-order valence-electron chi connectivity index (χ0n) is 13.5. The Labute approximate surface area is 146 Å². The van der Waals surface area contributed by atoms with E-state index in [9.17, 15) is 14.0 Å². The molecule has 2 aromatic heterocycles. The van der Waals surface area contributed by atoms with Crippen LogP contribution < -0.4 is 11.0 Å². The first kappa shape index (κ1) is 15.8. The minimum Gasteiger partial charge on any atom is -0.348 e. The highest BCUT2D eigenvalue weighted by molar-refractivity contribution is 5.94. The Bertz CT molecular complexity index is 1140. The Morgan fingerprint density at radius 3 is 2.81 bits per heavy atom. The van der Waals surface area contributed by atoms with Crippen LogP contribution in [0.2, 0.25) is 0 Å². The molecule has 2 heterocycles. The number of halogens is 1. The number of H-pyrrole nitrogens is 2. The fourth-order valence-electron chi connectivity index (χ4n) is 2.71. The number of imidazole rings is 1. The highest BCUT2D eigenvalue weighted by Crippen LogP contribution is 2.15. The van der Waals surface area contributed by atoms with Crippen LogP contribution in [0.15, 0.2) is 59.7 Å². The average molecular weight is 351 g/mol. The maximum atomic E-state index is 14.0. The van der Waals surface area contributed by atoms with E-state index in [2.05, 4.69) is 20.4 Å². The predicted octanol–water partition coefficient (Wildman–Crippen LogP) is 2.11. The van der Waals surface area contributed by atoms with Crippen LogP contribution in [0.1, 0.15) is 15.9 Å². The molecule has 0 radical (unpaired) electrons. The van der Waals surface area contributed by atoms with E-state index >= 15 is 0 Å². The van der Waals surface area contributed by atoms with Crippen LogP contribution in [-0.4, -0.2) is 25.7 Å². The molecule has 0 aliphatic carbocycles. The van der Waals surface area contributed by atoms with Crippen LogP contribution in [0.4, 0.5) is 4.39 Å². The van der Waals surface area contributed by atoms with Crippen molar-refractivity contribution in [2.24, 2.45) is 0 Å². The first-order valence-electron chi connectivity index (χ1n) is 7.89. The van der Waals surface area contributed by atoms with E-state index in [1.165, 1.54) is 29.1 Å². The van der Waals surface area contributed by atoms with Gasteiger partial charge in [-0.1, -0.05) is 6.07 Å². The van der Waals surface area contributed by atoms with Crippen molar-refractivity contribution >= 4 is 16.9 Å². The molecule has 0 saturated carbocycles. The van der Waals surface area contributed by atoms with Crippen molar-refractivity contribution in [3.63, 3.8) is 0 Å². The number of carbonyl (C=O) groups excluding carboxylic acids is 1. The van der Waals surface area contributed by atoms with Crippen molar-refractivity contribution in [1.82, 2.24) is 25.1 Å². The normalized spacial score (nSPS) is 11.0. The summed E-state index contributed by atoms with van der Waals surface area (Å²) in [5.41, 5.74) is 2.45. The fraction of sp³-hybridized carbons (Fsp3) is 0.0556. The van der Waals surface area contributed by atoms with Gasteiger partial charge in [0.05, 0.1) is 11.0 Å². The lowest BCUT2D eigenvalue weighted by molar-refractivity contribution is 0.0951. The smallest absolute Gasteiger partial charge is 0.323 e. The van der Waals surface area contributed by atoms with Gasteiger partial charge in [-0.2, -0.15) is 5.10 Å². The summed E-state index contributed by atoms with van der Waals surface area (Å²) in [6.07, 6.45) is 3.14. The second kappa shape index (κ2) is 6.32. The van der Waals surface area contributed by atoms with Gasteiger partial charge in [-0.25, -0.2) is 13.9 Å². The number of aromatic nitrogens is 4. The monoisotopic (exact) mass is 351 g/mol. The molecule has 4 rings (SSSR count). The minimum absolute atomic E-state index is 0.203. The molecule has 0 unspecified atom stereocenters. The highest BCUT2D eigenvalue weighted by Gasteiger charge is 2.11. The highest BCUT2D eigenvalue weighted by atomic mass is 19.1. The second-order valence-electron chi connectivity index (χ2n) is 5.76. The van der Waals surface area contributed by atoms with Gasteiger partial charge in [-0.3, -0.25) is 4.79 Å². The maximum absolute atomic E-state index is 14.0. The van der Waals surface area contributed by atoms with Crippen LogP contribution in [0, 0.1) is 5.82 Å². The molecule has 7 nitrogen and oxygen atoms in total. The van der Waals surface area contributed by atoms with E-state index in [-0.39, 0.29) is 23.8 Å². The van der Waals surface area contributed by atoms with E-state index in [1.807, 2.05) is 6.07 Å². The van der Waals surface area contributed by atoms with E-state index in [0.29, 0.717) is 16.6 Å². The van der Waals surface area contributed by atoms with Crippen molar-refractivity contribution < 1.29 is 9.18 Å². The van der Waals surface area contributed by atoms with Gasteiger partial charge < -0.3 is 15.3 Å². The lowest BCUT2D eigenvalue weighted by Gasteiger charge is -2.08. The topological polar surface area (TPSA) is 95.6 Å². The summed E-state index contributed by atoms with van der Waals surface area (Å²) in [5, 5.41) is 6.77. The van der Waals surface area contributed by atoms with Gasteiger partial charge in [0.15, 0.2) is 0 Å². The third-order valence-electron chi connectivity index (χ3n) is 3.99. The maximum Gasteiger partial charge on any atom is 0.323 e. The summed E-state index contributed by atoms with van der Waals surface area (Å²) in [6.45, 7) is 0.274. The van der Waals surface area contributed by atoms with Crippen LogP contribution in [0.25, 0.3) is 16.7 Å². The lowest BCUT2D eigenvalue weighted by Crippen LogP contribution is -2.23. The second-order valence-corrected chi connectivity index (χ2v) is 5.76. The number of benzene rings is 2. The largest absolute Gasteiger partial charge is 0.348 e. The molecule has 8 heteroatoms. The standard InChI is InChI=1S/C18H14FN5O2/c19-13-4-3-12(9-16(13)24-7-1-6-21-24)17(25)20-10-11-2-5-14-15(8-11)23-18(26)22-14/h1-9H,10H2,(H,20,25)(H2,22,23,26). The van der Waals surface area contributed by atoms with Gasteiger partial charge in [0, 0.05) is 24.5 Å². The SMILES string of the molecule is O=C(NCc1ccc2[nH]c(=O)[nH]c2c1)c1ccc(F)c(-n2cccn2)c1. The molecule has 0 bridgehead atoms. The minimum atomic E-state index is -0.466. The first-order valence-corrected chi connectivity index (χ1v) is 7.89. The molecule has 26 heavy (non-hydrogen) atoms. The van der Waals surface area contributed by atoms with E-state index in [0.717, 1.165) is 5.56 Å². The van der Waals surface area contributed by atoms with Gasteiger partial charge in [0.25, 0.3) is 5.91 Å². The number of hydrogen-bond donors (Lipinski definition) is 3. The molecule has 0 spiro atoms. The summed E-state index contributed by atoms with van der Waals surface area (Å²) >= 11 is 0. The van der Waals surface area contributed by atoms with Crippen LogP contribution >= 0.6 is 0 Å². The van der Waals surface area contributed by atoms with Crippen molar-refractivity contribution in [1.29, 1.82) is 0 Å². The van der Waals surface area contributed by atoms with Gasteiger partial charge in [-0.05, 0) is 42.0 Å². The van der Waals surface area contributed by atoms with Gasteiger partial charge >= 0.3 is 5.69 Å². The molecule has 0 fully saturated rings. The third kappa shape index (κ3) is 3.00. The summed E-state index contributed by atoms with van der Waals surface area (Å²) in [7, 11) is 0. The van der Waals surface area contributed by atoms with Gasteiger partial charge in [0.1, 0.15) is 11.5 Å². The molecule has 0 saturated heterocycles. The molecule has 0 aliphatic rings. The van der Waals surface area contributed by atoms with E-state index in [4.69, 9.17) is 0 Å². The Morgan fingerprint density at radius 1 is 1.15 bits per heavy atom. The Kier molecular flexibility index (Phi) is 3.85. The molecule has 4 aromatic rings. The van der Waals surface area contributed by atoms with Crippen molar-refractivity contribution in [3.8, 4) is 5.69 Å². The number of nitrogens with one attached hydrogen (secondary N) is 3. The number of amides is 1. The number of carbonyl (C=O) groups is 1. The number of aromatic amines is 2. The Balaban J connectivity index is 1.52. The van der Waals surface area contributed by atoms with E-state index < -0.39 is 5.82 Å². The van der Waals surface area contributed by atoms with Crippen LogP contribution in [0.5, 0.6) is 0 Å². The van der Waals surface area contributed by atoms with E-state index in [1.54, 1.807) is 24.4 Å². The van der Waals surface area contributed by atoms with Crippen molar-refractivity contribution in [3.05, 3.63) is 82.3 Å². The van der Waals surface area contributed by atoms with Gasteiger partial charge in [-0.15, -0.1) is 0 Å². The fourth-order valence-corrected chi connectivity index (χ4v) is 2.71. The lowest BCUT2D eigenvalue weighted by atomic mass is 10.1. The first-order chi connectivity index (χ1) is 12.6. The molecule has 0 aliphatic heterocycles. The van der Waals surface area contributed by atoms with Crippen LogP contribution in [0.3, 0.4) is 0 Å². The molecule has 1 amide bonds. The predicted molar refractivity (Wildman–Crippen MR) is 93.6 cm³/mol. The molecule has 2 aromatic carbocycles. The zero-order chi connectivity index (χ0) is 18.1. The van der Waals surface area contributed by atoms with Gasteiger partial charge in [0.2, 0.25) is 0 Å². The zero-order valence-corrected chi connectivity index (χ0v) is 13.5. The average Bonchev–Trinajstić information content (AvgIpc) is 3.28. The van der Waals surface area contributed by atoms with Crippen molar-refractivity contribution in [2.75, 3.05) is 0 Å². The molecule has 130 valence electrons. The molecule has 3 N–H and O–H groups in total. The molecule has 0 atom stereocenters. The molecular weight excluding hydrogens is 337 g/mol. The summed E-state index contributed by atoms with van der Waals surface area (Å²) in [5.74, 6) is -0.798. The van der Waals surface area contributed by atoms with Crippen LogP contribution in [-0.2, 0) is 6.54 Å².